The zero-order valence-electron chi connectivity index (χ0n) is 11.1. The lowest BCUT2D eigenvalue weighted by Gasteiger charge is -2.31. The number of hydrogen-bond acceptors (Lipinski definition) is 4. The molecule has 1 aliphatic rings. The van der Waals surface area contributed by atoms with Crippen LogP contribution in [-0.4, -0.2) is 46.7 Å². The van der Waals surface area contributed by atoms with Crippen LogP contribution in [0.4, 0.5) is 0 Å². The molecular formula is C13H19ClN4O. The molecule has 1 aliphatic heterocycles. The summed E-state index contributed by atoms with van der Waals surface area (Å²) in [5.74, 6) is -0.168. The van der Waals surface area contributed by atoms with E-state index in [0.717, 1.165) is 32.5 Å². The summed E-state index contributed by atoms with van der Waals surface area (Å²) in [4.78, 5) is 14.4. The van der Waals surface area contributed by atoms with Crippen LogP contribution in [0.15, 0.2) is 12.1 Å². The fourth-order valence-electron chi connectivity index (χ4n) is 2.31. The van der Waals surface area contributed by atoms with Crippen molar-refractivity contribution in [2.75, 3.05) is 19.6 Å². The standard InChI is InChI=1S/C13H19ClN4O/c1-2-7-18-8-5-10(6-9-18)15-13(19)11-3-4-12(14)17-16-11/h3-4,10H,2,5-9H2,1H3,(H,15,19). The van der Waals surface area contributed by atoms with Gasteiger partial charge in [-0.25, -0.2) is 0 Å². The van der Waals surface area contributed by atoms with E-state index in [-0.39, 0.29) is 11.9 Å². The molecule has 5 nitrogen and oxygen atoms in total. The molecular weight excluding hydrogens is 264 g/mol. The first-order valence-corrected chi connectivity index (χ1v) is 7.09. The van der Waals surface area contributed by atoms with Gasteiger partial charge in [0.25, 0.3) is 5.91 Å². The Balaban J connectivity index is 1.82. The second kappa shape index (κ2) is 6.82. The molecule has 0 spiro atoms. The minimum Gasteiger partial charge on any atom is -0.348 e. The number of hydrogen-bond donors (Lipinski definition) is 1. The first kappa shape index (κ1) is 14.2. The van der Waals surface area contributed by atoms with E-state index in [1.54, 1.807) is 12.1 Å². The molecule has 0 atom stereocenters. The Labute approximate surface area is 118 Å². The summed E-state index contributed by atoms with van der Waals surface area (Å²) < 4.78 is 0. The molecule has 19 heavy (non-hydrogen) atoms. The third kappa shape index (κ3) is 4.14. The van der Waals surface area contributed by atoms with E-state index in [2.05, 4.69) is 27.3 Å². The van der Waals surface area contributed by atoms with Gasteiger partial charge in [-0.3, -0.25) is 4.79 Å². The maximum absolute atomic E-state index is 12.0. The normalized spacial score (nSPS) is 17.4. The quantitative estimate of drug-likeness (QED) is 0.914. The highest BCUT2D eigenvalue weighted by molar-refractivity contribution is 6.29. The van der Waals surface area contributed by atoms with Gasteiger partial charge in [0.15, 0.2) is 10.8 Å². The van der Waals surface area contributed by atoms with Crippen LogP contribution in [0.5, 0.6) is 0 Å². The summed E-state index contributed by atoms with van der Waals surface area (Å²) in [5.41, 5.74) is 0.320. The van der Waals surface area contributed by atoms with Crippen molar-refractivity contribution >= 4 is 17.5 Å². The number of carbonyl (C=O) groups is 1. The first-order valence-electron chi connectivity index (χ1n) is 6.71. The Morgan fingerprint density at radius 1 is 1.42 bits per heavy atom. The van der Waals surface area contributed by atoms with Crippen LogP contribution in [0.3, 0.4) is 0 Å². The maximum Gasteiger partial charge on any atom is 0.272 e. The van der Waals surface area contributed by atoms with Crippen molar-refractivity contribution < 1.29 is 4.79 Å². The summed E-state index contributed by atoms with van der Waals surface area (Å²) in [5, 5.41) is 10.8. The number of nitrogens with zero attached hydrogens (tertiary/aromatic N) is 3. The monoisotopic (exact) mass is 282 g/mol. The number of piperidine rings is 1. The zero-order valence-corrected chi connectivity index (χ0v) is 11.9. The molecule has 0 saturated carbocycles. The van der Waals surface area contributed by atoms with Crippen LogP contribution in [0.1, 0.15) is 36.7 Å². The average molecular weight is 283 g/mol. The molecule has 1 amide bonds. The Kier molecular flexibility index (Phi) is 5.10. The van der Waals surface area contributed by atoms with Gasteiger partial charge in [-0.05, 0) is 37.9 Å². The fourth-order valence-corrected chi connectivity index (χ4v) is 2.41. The fraction of sp³-hybridized carbons (Fsp3) is 0.615. The summed E-state index contributed by atoms with van der Waals surface area (Å²) in [7, 11) is 0. The summed E-state index contributed by atoms with van der Waals surface area (Å²) >= 11 is 5.64. The van der Waals surface area contributed by atoms with E-state index in [4.69, 9.17) is 11.6 Å². The van der Waals surface area contributed by atoms with Crippen molar-refractivity contribution in [1.29, 1.82) is 0 Å². The SMILES string of the molecule is CCCN1CCC(NC(=O)c2ccc(Cl)nn2)CC1. The number of rotatable bonds is 4. The van der Waals surface area contributed by atoms with Crippen LogP contribution in [0, 0.1) is 0 Å². The predicted octanol–water partition coefficient (Wildman–Crippen LogP) is 1.73. The van der Waals surface area contributed by atoms with Gasteiger partial charge in [0, 0.05) is 19.1 Å². The highest BCUT2D eigenvalue weighted by Crippen LogP contribution is 2.11. The topological polar surface area (TPSA) is 58.1 Å². The molecule has 0 aliphatic carbocycles. The lowest BCUT2D eigenvalue weighted by molar-refractivity contribution is 0.0905. The number of halogens is 1. The van der Waals surface area contributed by atoms with Gasteiger partial charge in [-0.15, -0.1) is 10.2 Å². The summed E-state index contributed by atoms with van der Waals surface area (Å²) in [6.45, 7) is 5.42. The molecule has 0 aromatic carbocycles. The molecule has 1 fully saturated rings. The third-order valence-electron chi connectivity index (χ3n) is 3.33. The van der Waals surface area contributed by atoms with Gasteiger partial charge in [0.05, 0.1) is 0 Å². The summed E-state index contributed by atoms with van der Waals surface area (Å²) in [6, 6.07) is 3.41. The molecule has 6 heteroatoms. The molecule has 1 saturated heterocycles. The predicted molar refractivity (Wildman–Crippen MR) is 74.3 cm³/mol. The average Bonchev–Trinajstić information content (AvgIpc) is 2.42. The minimum absolute atomic E-state index is 0.168. The Morgan fingerprint density at radius 2 is 2.16 bits per heavy atom. The van der Waals surface area contributed by atoms with Crippen molar-refractivity contribution in [3.63, 3.8) is 0 Å². The first-order chi connectivity index (χ1) is 9.19. The molecule has 0 unspecified atom stereocenters. The Morgan fingerprint density at radius 3 is 2.74 bits per heavy atom. The number of nitrogens with one attached hydrogen (secondary N) is 1. The second-order valence-corrected chi connectivity index (χ2v) is 5.22. The molecule has 0 bridgehead atoms. The maximum atomic E-state index is 12.0. The molecule has 104 valence electrons. The molecule has 2 rings (SSSR count). The van der Waals surface area contributed by atoms with Gasteiger partial charge in [0.2, 0.25) is 0 Å². The van der Waals surface area contributed by atoms with E-state index < -0.39 is 0 Å². The van der Waals surface area contributed by atoms with E-state index in [0.29, 0.717) is 10.8 Å². The molecule has 0 radical (unpaired) electrons. The van der Waals surface area contributed by atoms with Crippen molar-refractivity contribution in [3.05, 3.63) is 23.0 Å². The Hall–Kier alpha value is -1.20. The third-order valence-corrected chi connectivity index (χ3v) is 3.53. The molecule has 1 N–H and O–H groups in total. The van der Waals surface area contributed by atoms with E-state index in [1.807, 2.05) is 0 Å². The van der Waals surface area contributed by atoms with Crippen molar-refractivity contribution in [2.24, 2.45) is 0 Å². The van der Waals surface area contributed by atoms with Crippen LogP contribution in [-0.2, 0) is 0 Å². The van der Waals surface area contributed by atoms with Gasteiger partial charge < -0.3 is 10.2 Å². The van der Waals surface area contributed by atoms with Crippen LogP contribution in [0.25, 0.3) is 0 Å². The van der Waals surface area contributed by atoms with Crippen molar-refractivity contribution in [1.82, 2.24) is 20.4 Å². The zero-order chi connectivity index (χ0) is 13.7. The number of carbonyl (C=O) groups excluding carboxylic acids is 1. The second-order valence-electron chi connectivity index (χ2n) is 4.83. The van der Waals surface area contributed by atoms with E-state index >= 15 is 0 Å². The number of amides is 1. The van der Waals surface area contributed by atoms with Crippen molar-refractivity contribution in [2.45, 2.75) is 32.2 Å². The molecule has 1 aromatic rings. The van der Waals surface area contributed by atoms with Gasteiger partial charge in [-0.1, -0.05) is 18.5 Å². The van der Waals surface area contributed by atoms with E-state index in [9.17, 15) is 4.79 Å². The number of aromatic nitrogens is 2. The molecule has 2 heterocycles. The highest BCUT2D eigenvalue weighted by Gasteiger charge is 2.21. The van der Waals surface area contributed by atoms with Crippen LogP contribution >= 0.6 is 11.6 Å². The molecule has 1 aromatic heterocycles. The lowest BCUT2D eigenvalue weighted by atomic mass is 10.0. The summed E-state index contributed by atoms with van der Waals surface area (Å²) in [6.07, 6.45) is 3.16. The van der Waals surface area contributed by atoms with Gasteiger partial charge in [0.1, 0.15) is 0 Å². The van der Waals surface area contributed by atoms with E-state index in [1.165, 1.54) is 6.42 Å². The largest absolute Gasteiger partial charge is 0.348 e. The van der Waals surface area contributed by atoms with Crippen LogP contribution < -0.4 is 5.32 Å². The Bertz CT molecular complexity index is 415. The smallest absolute Gasteiger partial charge is 0.272 e. The minimum atomic E-state index is -0.168. The van der Waals surface area contributed by atoms with Crippen molar-refractivity contribution in [3.8, 4) is 0 Å². The number of likely N-dealkylation sites (tertiary alicyclic amines) is 1. The highest BCUT2D eigenvalue weighted by atomic mass is 35.5. The van der Waals surface area contributed by atoms with Crippen LogP contribution in [0.2, 0.25) is 5.15 Å². The van der Waals surface area contributed by atoms with Gasteiger partial charge >= 0.3 is 0 Å². The lowest BCUT2D eigenvalue weighted by Crippen LogP contribution is -2.45. The van der Waals surface area contributed by atoms with Gasteiger partial charge in [-0.2, -0.15) is 0 Å².